The molecule has 5 unspecified atom stereocenters. The molecule has 0 bridgehead atoms. The summed E-state index contributed by atoms with van der Waals surface area (Å²) >= 11 is 0. The van der Waals surface area contributed by atoms with Crippen molar-refractivity contribution >= 4 is 0 Å². The molecule has 1 saturated carbocycles. The van der Waals surface area contributed by atoms with Gasteiger partial charge >= 0.3 is 0 Å². The molecule has 1 aliphatic rings. The highest BCUT2D eigenvalue weighted by Crippen LogP contribution is 2.55. The van der Waals surface area contributed by atoms with Gasteiger partial charge in [0.15, 0.2) is 0 Å². The van der Waals surface area contributed by atoms with E-state index in [1.165, 1.54) is 89.9 Å². The maximum atomic E-state index is 2.53. The summed E-state index contributed by atoms with van der Waals surface area (Å²) in [6, 6.07) is 0. The second kappa shape index (κ2) is 14.1. The first kappa shape index (κ1) is 24.0. The van der Waals surface area contributed by atoms with Crippen molar-refractivity contribution < 1.29 is 0 Å². The first-order chi connectivity index (χ1) is 12.5. The second-order valence-corrected chi connectivity index (χ2v) is 10.0. The van der Waals surface area contributed by atoms with Gasteiger partial charge in [0.25, 0.3) is 0 Å². The van der Waals surface area contributed by atoms with E-state index in [4.69, 9.17) is 0 Å². The molecule has 0 saturated heterocycles. The third kappa shape index (κ3) is 9.27. The molecule has 0 aromatic heterocycles. The van der Waals surface area contributed by atoms with E-state index in [1.807, 2.05) is 0 Å². The molecule has 0 heterocycles. The molecule has 1 rings (SSSR count). The van der Waals surface area contributed by atoms with Crippen molar-refractivity contribution in [3.63, 3.8) is 0 Å². The number of rotatable bonds is 17. The Kier molecular flexibility index (Phi) is 13.0. The highest BCUT2D eigenvalue weighted by molar-refractivity contribution is 4.97. The van der Waals surface area contributed by atoms with Crippen LogP contribution in [0.2, 0.25) is 0 Å². The lowest BCUT2D eigenvalue weighted by atomic mass is 9.85. The number of unbranched alkanes of at least 4 members (excludes halogenated alkanes) is 5. The quantitative estimate of drug-likeness (QED) is 0.225. The van der Waals surface area contributed by atoms with Crippen LogP contribution in [0.25, 0.3) is 0 Å². The third-order valence-corrected chi connectivity index (χ3v) is 7.29. The summed E-state index contributed by atoms with van der Waals surface area (Å²) < 4.78 is 0. The van der Waals surface area contributed by atoms with E-state index in [0.29, 0.717) is 0 Å². The third-order valence-electron chi connectivity index (χ3n) is 7.29. The normalized spacial score (nSPS) is 24.8. The Balaban J connectivity index is 2.13. The molecule has 0 spiro atoms. The summed E-state index contributed by atoms with van der Waals surface area (Å²) in [7, 11) is 0. The maximum absolute atomic E-state index is 2.53. The molecule has 156 valence electrons. The van der Waals surface area contributed by atoms with Crippen molar-refractivity contribution in [2.24, 2.45) is 35.5 Å². The zero-order chi connectivity index (χ0) is 19.4. The molecular weight excluding hydrogens is 312 g/mol. The fraction of sp³-hybridized carbons (Fsp3) is 1.00. The van der Waals surface area contributed by atoms with Gasteiger partial charge in [-0.3, -0.25) is 0 Å². The summed E-state index contributed by atoms with van der Waals surface area (Å²) in [6.07, 6.45) is 20.4. The van der Waals surface area contributed by atoms with Gasteiger partial charge in [-0.1, -0.05) is 119 Å². The van der Waals surface area contributed by atoms with Crippen molar-refractivity contribution in [2.75, 3.05) is 0 Å². The maximum Gasteiger partial charge on any atom is -0.0329 e. The molecule has 0 nitrogen and oxygen atoms in total. The van der Waals surface area contributed by atoms with Crippen LogP contribution in [-0.4, -0.2) is 0 Å². The Labute approximate surface area is 167 Å². The van der Waals surface area contributed by atoms with Crippen LogP contribution in [0.5, 0.6) is 0 Å². The molecule has 5 atom stereocenters. The van der Waals surface area contributed by atoms with Crippen LogP contribution in [0, 0.1) is 35.5 Å². The molecule has 0 aromatic carbocycles. The molecule has 0 N–H and O–H groups in total. The van der Waals surface area contributed by atoms with E-state index in [1.54, 1.807) is 0 Å². The fourth-order valence-electron chi connectivity index (χ4n) is 5.74. The van der Waals surface area contributed by atoms with Crippen LogP contribution in [0.4, 0.5) is 0 Å². The standard InChI is InChI=1S/C26H52/c1-7-10-13-18-23(17-11-8-2)20-22(6)16-14-12-15-19-25-24(9-3)26(25)21(4)5/h21-26H,7-20H2,1-6H3. The minimum atomic E-state index is 0.915. The van der Waals surface area contributed by atoms with Gasteiger partial charge in [0.1, 0.15) is 0 Å². The van der Waals surface area contributed by atoms with E-state index >= 15 is 0 Å². The van der Waals surface area contributed by atoms with E-state index in [-0.39, 0.29) is 0 Å². The van der Waals surface area contributed by atoms with Gasteiger partial charge < -0.3 is 0 Å². The first-order valence-corrected chi connectivity index (χ1v) is 12.5. The zero-order valence-corrected chi connectivity index (χ0v) is 19.4. The van der Waals surface area contributed by atoms with Crippen LogP contribution < -0.4 is 0 Å². The van der Waals surface area contributed by atoms with Crippen molar-refractivity contribution in [3.05, 3.63) is 0 Å². The SMILES string of the molecule is CCCCCC(CCCC)CC(C)CCCCCC1C(CC)C1C(C)C. The van der Waals surface area contributed by atoms with Gasteiger partial charge in [0.2, 0.25) is 0 Å². The lowest BCUT2D eigenvalue weighted by Crippen LogP contribution is -2.07. The van der Waals surface area contributed by atoms with Crippen LogP contribution >= 0.6 is 0 Å². The highest BCUT2D eigenvalue weighted by atomic mass is 14.5. The van der Waals surface area contributed by atoms with Crippen LogP contribution in [0.1, 0.15) is 131 Å². The summed E-state index contributed by atoms with van der Waals surface area (Å²) in [4.78, 5) is 0. The number of hydrogen-bond donors (Lipinski definition) is 0. The second-order valence-electron chi connectivity index (χ2n) is 10.0. The fourth-order valence-corrected chi connectivity index (χ4v) is 5.74. The molecular formula is C26H52. The van der Waals surface area contributed by atoms with Crippen molar-refractivity contribution in [3.8, 4) is 0 Å². The van der Waals surface area contributed by atoms with Crippen LogP contribution in [0.3, 0.4) is 0 Å². The molecule has 0 aliphatic heterocycles. The summed E-state index contributed by atoms with van der Waals surface area (Å²) in [5.74, 6) is 6.08. The Morgan fingerprint density at radius 2 is 1.31 bits per heavy atom. The Morgan fingerprint density at radius 1 is 0.654 bits per heavy atom. The minimum absolute atomic E-state index is 0.915. The predicted molar refractivity (Wildman–Crippen MR) is 120 cm³/mol. The highest BCUT2D eigenvalue weighted by Gasteiger charge is 2.48. The Hall–Kier alpha value is 0. The van der Waals surface area contributed by atoms with Crippen LogP contribution in [0.15, 0.2) is 0 Å². The Morgan fingerprint density at radius 3 is 1.88 bits per heavy atom. The zero-order valence-electron chi connectivity index (χ0n) is 19.4. The summed E-state index contributed by atoms with van der Waals surface area (Å²) in [5.41, 5.74) is 0. The largest absolute Gasteiger partial charge is 0.0654 e. The molecule has 0 radical (unpaired) electrons. The minimum Gasteiger partial charge on any atom is -0.0654 e. The lowest BCUT2D eigenvalue weighted by Gasteiger charge is -2.21. The summed E-state index contributed by atoms with van der Waals surface area (Å²) in [5, 5.41) is 0. The van der Waals surface area contributed by atoms with E-state index in [0.717, 1.165) is 35.5 Å². The molecule has 0 aromatic rings. The van der Waals surface area contributed by atoms with Crippen molar-refractivity contribution in [1.29, 1.82) is 0 Å². The smallest absolute Gasteiger partial charge is 0.0329 e. The van der Waals surface area contributed by atoms with Crippen LogP contribution in [-0.2, 0) is 0 Å². The van der Waals surface area contributed by atoms with Gasteiger partial charge in [-0.25, -0.2) is 0 Å². The van der Waals surface area contributed by atoms with E-state index in [2.05, 4.69) is 41.5 Å². The van der Waals surface area contributed by atoms with Gasteiger partial charge in [-0.15, -0.1) is 0 Å². The Bertz CT molecular complexity index is 318. The van der Waals surface area contributed by atoms with E-state index < -0.39 is 0 Å². The number of hydrogen-bond acceptors (Lipinski definition) is 0. The molecule has 1 fully saturated rings. The first-order valence-electron chi connectivity index (χ1n) is 12.5. The average molecular weight is 365 g/mol. The topological polar surface area (TPSA) is 0 Å². The lowest BCUT2D eigenvalue weighted by molar-refractivity contribution is 0.316. The van der Waals surface area contributed by atoms with Gasteiger partial charge in [0.05, 0.1) is 0 Å². The molecule has 0 amide bonds. The molecule has 0 heteroatoms. The average Bonchev–Trinajstić information content (AvgIpc) is 3.32. The molecule has 1 aliphatic carbocycles. The molecule has 26 heavy (non-hydrogen) atoms. The van der Waals surface area contributed by atoms with Gasteiger partial charge in [-0.05, 0) is 48.3 Å². The van der Waals surface area contributed by atoms with E-state index in [9.17, 15) is 0 Å². The van der Waals surface area contributed by atoms with Crippen molar-refractivity contribution in [1.82, 2.24) is 0 Å². The monoisotopic (exact) mass is 364 g/mol. The van der Waals surface area contributed by atoms with Gasteiger partial charge in [0, 0.05) is 0 Å². The predicted octanol–water partition coefficient (Wildman–Crippen LogP) is 9.28. The summed E-state index contributed by atoms with van der Waals surface area (Å²) in [6.45, 7) is 14.5. The van der Waals surface area contributed by atoms with Gasteiger partial charge in [-0.2, -0.15) is 0 Å². The van der Waals surface area contributed by atoms with Crippen molar-refractivity contribution in [2.45, 2.75) is 131 Å².